The lowest BCUT2D eigenvalue weighted by Crippen LogP contribution is -2.09. The van der Waals surface area contributed by atoms with Crippen molar-refractivity contribution in [2.45, 2.75) is 6.42 Å². The second kappa shape index (κ2) is 4.72. The van der Waals surface area contributed by atoms with Crippen LogP contribution in [0.25, 0.3) is 11.4 Å². The fraction of sp³-hybridized carbons (Fsp3) is 0.167. The number of nitrogens with zero attached hydrogens (tertiary/aromatic N) is 1. The van der Waals surface area contributed by atoms with Gasteiger partial charge in [0.1, 0.15) is 5.82 Å². The van der Waals surface area contributed by atoms with Gasteiger partial charge in [0.2, 0.25) is 0 Å². The number of carbonyl (C=O) groups excluding carboxylic acids is 1. The zero-order valence-corrected chi connectivity index (χ0v) is 8.81. The van der Waals surface area contributed by atoms with Crippen molar-refractivity contribution >= 4 is 5.78 Å². The Morgan fingerprint density at radius 1 is 1.38 bits per heavy atom. The van der Waals surface area contributed by atoms with Crippen molar-refractivity contribution in [1.29, 1.82) is 0 Å². The van der Waals surface area contributed by atoms with E-state index in [-0.39, 0.29) is 5.78 Å². The normalized spacial score (nSPS) is 10.3. The van der Waals surface area contributed by atoms with E-state index in [1.54, 1.807) is 18.5 Å². The molecule has 0 unspecified atom stereocenters. The Morgan fingerprint density at radius 2 is 2.19 bits per heavy atom. The van der Waals surface area contributed by atoms with Crippen LogP contribution in [-0.4, -0.2) is 22.3 Å². The number of aromatic amines is 1. The summed E-state index contributed by atoms with van der Waals surface area (Å²) < 4.78 is 0. The number of ketones is 1. The number of rotatable bonds is 4. The zero-order chi connectivity index (χ0) is 11.4. The predicted octanol–water partition coefficient (Wildman–Crippen LogP) is 1.61. The third kappa shape index (κ3) is 2.01. The van der Waals surface area contributed by atoms with Crippen molar-refractivity contribution in [2.24, 2.45) is 5.73 Å². The average molecular weight is 215 g/mol. The summed E-state index contributed by atoms with van der Waals surface area (Å²) in [4.78, 5) is 19.0. The molecule has 0 aliphatic carbocycles. The molecule has 1 aromatic carbocycles. The molecule has 0 fully saturated rings. The molecule has 82 valence electrons. The molecule has 0 aliphatic rings. The monoisotopic (exact) mass is 215 g/mol. The van der Waals surface area contributed by atoms with E-state index >= 15 is 0 Å². The third-order valence-corrected chi connectivity index (χ3v) is 2.35. The molecule has 0 atom stereocenters. The number of hydrogen-bond acceptors (Lipinski definition) is 3. The molecule has 3 N–H and O–H groups in total. The Hall–Kier alpha value is -1.94. The van der Waals surface area contributed by atoms with Gasteiger partial charge in [0.25, 0.3) is 0 Å². The average Bonchev–Trinajstić information content (AvgIpc) is 2.83. The molecular weight excluding hydrogens is 202 g/mol. The van der Waals surface area contributed by atoms with E-state index < -0.39 is 0 Å². The SMILES string of the molecule is NCCC(=O)c1ccccc1-c1ncc[nH]1. The van der Waals surface area contributed by atoms with Crippen molar-refractivity contribution in [3.8, 4) is 11.4 Å². The molecular formula is C12H13N3O. The predicted molar refractivity (Wildman–Crippen MR) is 62.0 cm³/mol. The zero-order valence-electron chi connectivity index (χ0n) is 8.81. The van der Waals surface area contributed by atoms with Crippen molar-refractivity contribution < 1.29 is 4.79 Å². The Morgan fingerprint density at radius 3 is 2.88 bits per heavy atom. The number of aromatic nitrogens is 2. The first kappa shape index (κ1) is 10.6. The van der Waals surface area contributed by atoms with Crippen molar-refractivity contribution in [2.75, 3.05) is 6.54 Å². The molecule has 4 nitrogen and oxygen atoms in total. The molecule has 2 rings (SSSR count). The first-order valence-electron chi connectivity index (χ1n) is 5.15. The summed E-state index contributed by atoms with van der Waals surface area (Å²) in [6.45, 7) is 0.366. The second-order valence-electron chi connectivity index (χ2n) is 3.45. The summed E-state index contributed by atoms with van der Waals surface area (Å²) in [6, 6.07) is 7.41. The summed E-state index contributed by atoms with van der Waals surface area (Å²) >= 11 is 0. The Kier molecular flexibility index (Phi) is 3.12. The number of hydrogen-bond donors (Lipinski definition) is 2. The highest BCUT2D eigenvalue weighted by atomic mass is 16.1. The number of carbonyl (C=O) groups is 1. The molecule has 0 aliphatic heterocycles. The Bertz CT molecular complexity index is 477. The van der Waals surface area contributed by atoms with E-state index in [0.29, 0.717) is 24.4 Å². The highest BCUT2D eigenvalue weighted by molar-refractivity contribution is 6.01. The van der Waals surface area contributed by atoms with Crippen LogP contribution in [0.15, 0.2) is 36.7 Å². The van der Waals surface area contributed by atoms with Crippen molar-refractivity contribution in [3.63, 3.8) is 0 Å². The van der Waals surface area contributed by atoms with E-state index in [1.807, 2.05) is 18.2 Å². The summed E-state index contributed by atoms with van der Waals surface area (Å²) in [5.74, 6) is 0.760. The third-order valence-electron chi connectivity index (χ3n) is 2.35. The van der Waals surface area contributed by atoms with Crippen LogP contribution < -0.4 is 5.73 Å². The summed E-state index contributed by atoms with van der Waals surface area (Å²) in [7, 11) is 0. The standard InChI is InChI=1S/C12H13N3O/c13-6-5-11(16)9-3-1-2-4-10(9)12-14-7-8-15-12/h1-4,7-8H,5-6,13H2,(H,14,15). The van der Waals surface area contributed by atoms with Crippen LogP contribution >= 0.6 is 0 Å². The topological polar surface area (TPSA) is 71.8 Å². The van der Waals surface area contributed by atoms with Crippen LogP contribution in [0.3, 0.4) is 0 Å². The summed E-state index contributed by atoms with van der Waals surface area (Å²) in [5.41, 5.74) is 6.89. The van der Waals surface area contributed by atoms with Gasteiger partial charge in [-0.25, -0.2) is 4.98 Å². The fourth-order valence-electron chi connectivity index (χ4n) is 1.61. The minimum Gasteiger partial charge on any atom is -0.345 e. The lowest BCUT2D eigenvalue weighted by molar-refractivity contribution is 0.0986. The van der Waals surface area contributed by atoms with Gasteiger partial charge in [0.15, 0.2) is 5.78 Å². The maximum absolute atomic E-state index is 11.8. The molecule has 0 radical (unpaired) electrons. The van der Waals surface area contributed by atoms with Crippen LogP contribution in [0.5, 0.6) is 0 Å². The van der Waals surface area contributed by atoms with E-state index in [2.05, 4.69) is 9.97 Å². The summed E-state index contributed by atoms with van der Waals surface area (Å²) in [5, 5.41) is 0. The van der Waals surface area contributed by atoms with Gasteiger partial charge in [-0.2, -0.15) is 0 Å². The molecule has 0 saturated heterocycles. The van der Waals surface area contributed by atoms with Gasteiger partial charge in [-0.1, -0.05) is 24.3 Å². The number of H-pyrrole nitrogens is 1. The van der Waals surface area contributed by atoms with E-state index in [9.17, 15) is 4.79 Å². The van der Waals surface area contributed by atoms with Gasteiger partial charge in [-0.05, 0) is 6.54 Å². The highest BCUT2D eigenvalue weighted by Gasteiger charge is 2.12. The first-order valence-corrected chi connectivity index (χ1v) is 5.15. The first-order chi connectivity index (χ1) is 7.83. The molecule has 0 saturated carbocycles. The Labute approximate surface area is 93.5 Å². The van der Waals surface area contributed by atoms with E-state index in [0.717, 1.165) is 5.56 Å². The maximum atomic E-state index is 11.8. The minimum absolute atomic E-state index is 0.0505. The van der Waals surface area contributed by atoms with Gasteiger partial charge in [-0.15, -0.1) is 0 Å². The van der Waals surface area contributed by atoms with Crippen LogP contribution in [0.4, 0.5) is 0 Å². The Balaban J connectivity index is 2.42. The van der Waals surface area contributed by atoms with E-state index in [1.165, 1.54) is 0 Å². The van der Waals surface area contributed by atoms with Crippen molar-refractivity contribution in [1.82, 2.24) is 9.97 Å². The molecule has 2 aromatic rings. The van der Waals surface area contributed by atoms with Crippen molar-refractivity contribution in [3.05, 3.63) is 42.2 Å². The van der Waals surface area contributed by atoms with Crippen LogP contribution in [0, 0.1) is 0 Å². The summed E-state index contributed by atoms with van der Waals surface area (Å²) in [6.07, 6.45) is 3.76. The molecule has 0 amide bonds. The lowest BCUT2D eigenvalue weighted by Gasteiger charge is -2.05. The number of nitrogens with one attached hydrogen (secondary N) is 1. The number of Topliss-reactive ketones (excluding diaryl/α,β-unsaturated/α-hetero) is 1. The highest BCUT2D eigenvalue weighted by Crippen LogP contribution is 2.20. The van der Waals surface area contributed by atoms with Gasteiger partial charge in [-0.3, -0.25) is 4.79 Å². The van der Waals surface area contributed by atoms with Crippen LogP contribution in [0.2, 0.25) is 0 Å². The number of imidazole rings is 1. The van der Waals surface area contributed by atoms with Gasteiger partial charge >= 0.3 is 0 Å². The largest absolute Gasteiger partial charge is 0.345 e. The van der Waals surface area contributed by atoms with Gasteiger partial charge in [0, 0.05) is 29.9 Å². The minimum atomic E-state index is 0.0505. The molecule has 0 bridgehead atoms. The molecule has 4 heteroatoms. The van der Waals surface area contributed by atoms with E-state index in [4.69, 9.17) is 5.73 Å². The number of nitrogens with two attached hydrogens (primary N) is 1. The fourth-order valence-corrected chi connectivity index (χ4v) is 1.61. The second-order valence-corrected chi connectivity index (χ2v) is 3.45. The van der Waals surface area contributed by atoms with Gasteiger partial charge in [0.05, 0.1) is 0 Å². The van der Waals surface area contributed by atoms with Crippen LogP contribution in [-0.2, 0) is 0 Å². The van der Waals surface area contributed by atoms with Crippen LogP contribution in [0.1, 0.15) is 16.8 Å². The maximum Gasteiger partial charge on any atom is 0.164 e. The number of benzene rings is 1. The molecule has 0 spiro atoms. The molecule has 16 heavy (non-hydrogen) atoms. The van der Waals surface area contributed by atoms with Gasteiger partial charge < -0.3 is 10.7 Å². The quantitative estimate of drug-likeness (QED) is 0.761. The smallest absolute Gasteiger partial charge is 0.164 e. The lowest BCUT2D eigenvalue weighted by atomic mass is 10.0. The molecule has 1 aromatic heterocycles. The molecule has 1 heterocycles.